The first-order valence-electron chi connectivity index (χ1n) is 9.07. The van der Waals surface area contributed by atoms with Crippen LogP contribution in [0, 0.1) is 0 Å². The van der Waals surface area contributed by atoms with Crippen LogP contribution in [-0.2, 0) is 22.1 Å². The fourth-order valence-corrected chi connectivity index (χ4v) is 3.68. The average molecular weight is 413 g/mol. The summed E-state index contributed by atoms with van der Waals surface area (Å²) in [6.45, 7) is 0.531. The lowest BCUT2D eigenvalue weighted by Gasteiger charge is -2.13. The molecule has 0 radical (unpaired) electrons. The van der Waals surface area contributed by atoms with E-state index < -0.39 is 9.84 Å². The van der Waals surface area contributed by atoms with Gasteiger partial charge in [-0.15, -0.1) is 0 Å². The van der Waals surface area contributed by atoms with Crippen LogP contribution in [0.3, 0.4) is 0 Å². The molecule has 0 atom stereocenters. The number of aromatic nitrogens is 2. The lowest BCUT2D eigenvalue weighted by atomic mass is 10.1. The molecule has 0 fully saturated rings. The molecule has 0 saturated heterocycles. The highest BCUT2D eigenvalue weighted by atomic mass is 32.2. The highest BCUT2D eigenvalue weighted by Gasteiger charge is 2.11. The Morgan fingerprint density at radius 1 is 1.00 bits per heavy atom. The summed E-state index contributed by atoms with van der Waals surface area (Å²) >= 11 is 0. The van der Waals surface area contributed by atoms with E-state index in [-0.39, 0.29) is 11.7 Å². The lowest BCUT2D eigenvalue weighted by molar-refractivity contribution is 0.102. The number of sulfone groups is 1. The number of nitrogens with one attached hydrogen (secondary N) is 1. The Morgan fingerprint density at radius 2 is 1.62 bits per heavy atom. The van der Waals surface area contributed by atoms with Crippen molar-refractivity contribution in [2.24, 2.45) is 0 Å². The van der Waals surface area contributed by atoms with Gasteiger partial charge in [-0.3, -0.25) is 4.79 Å². The van der Waals surface area contributed by atoms with Gasteiger partial charge in [0.25, 0.3) is 5.91 Å². The van der Waals surface area contributed by atoms with Crippen molar-refractivity contribution in [2.45, 2.75) is 12.3 Å². The molecule has 0 aliphatic rings. The third kappa shape index (κ3) is 5.68. The van der Waals surface area contributed by atoms with E-state index in [1.54, 1.807) is 41.2 Å². The Kier molecular flexibility index (Phi) is 6.03. The van der Waals surface area contributed by atoms with E-state index in [1.807, 2.05) is 43.3 Å². The summed E-state index contributed by atoms with van der Waals surface area (Å²) in [6.07, 6.45) is 2.82. The van der Waals surface area contributed by atoms with Crippen LogP contribution in [0.15, 0.2) is 60.8 Å². The van der Waals surface area contributed by atoms with Gasteiger partial charge in [0.2, 0.25) is 0 Å². The summed E-state index contributed by atoms with van der Waals surface area (Å²) in [5.74, 6) is 0.265. The van der Waals surface area contributed by atoms with Crippen molar-refractivity contribution in [3.63, 3.8) is 0 Å². The second kappa shape index (κ2) is 8.48. The zero-order valence-corrected chi connectivity index (χ0v) is 17.5. The molecule has 0 aliphatic carbocycles. The standard InChI is InChI=1S/C21H24N4O3S/c1-24(2)19-10-6-16(7-11-19)14-25-20(12-13-22-25)23-21(26)18-8-4-17(5-9-18)15-29(3,27)28/h4-13H,14-15H2,1-3H3,(H,23,26). The molecule has 0 saturated carbocycles. The molecule has 1 amide bonds. The topological polar surface area (TPSA) is 84.3 Å². The summed E-state index contributed by atoms with van der Waals surface area (Å²) in [4.78, 5) is 14.6. The van der Waals surface area contributed by atoms with Gasteiger partial charge in [0.1, 0.15) is 5.82 Å². The highest BCUT2D eigenvalue weighted by Crippen LogP contribution is 2.16. The minimum absolute atomic E-state index is 0.0473. The first-order chi connectivity index (χ1) is 13.7. The van der Waals surface area contributed by atoms with Gasteiger partial charge in [-0.1, -0.05) is 24.3 Å². The van der Waals surface area contributed by atoms with Crippen LogP contribution in [-0.4, -0.2) is 44.5 Å². The maximum atomic E-state index is 12.6. The second-order valence-corrected chi connectivity index (χ2v) is 9.30. The Bertz CT molecular complexity index is 1090. The minimum Gasteiger partial charge on any atom is -0.378 e. The molecule has 0 aliphatic heterocycles. The molecule has 1 heterocycles. The molecule has 0 spiro atoms. The second-order valence-electron chi connectivity index (χ2n) is 7.16. The van der Waals surface area contributed by atoms with E-state index in [0.29, 0.717) is 23.5 Å². The summed E-state index contributed by atoms with van der Waals surface area (Å²) in [5, 5.41) is 7.15. The Morgan fingerprint density at radius 3 is 2.21 bits per heavy atom. The number of amides is 1. The van der Waals surface area contributed by atoms with E-state index in [9.17, 15) is 13.2 Å². The molecule has 7 nitrogen and oxygen atoms in total. The third-order valence-electron chi connectivity index (χ3n) is 4.39. The fraction of sp³-hybridized carbons (Fsp3) is 0.238. The SMILES string of the molecule is CN(C)c1ccc(Cn2nccc2NC(=O)c2ccc(CS(C)(=O)=O)cc2)cc1. The molecule has 0 unspecified atom stereocenters. The highest BCUT2D eigenvalue weighted by molar-refractivity contribution is 7.89. The van der Waals surface area contributed by atoms with Crippen LogP contribution >= 0.6 is 0 Å². The van der Waals surface area contributed by atoms with Crippen LogP contribution in [0.2, 0.25) is 0 Å². The Hall–Kier alpha value is -3.13. The lowest BCUT2D eigenvalue weighted by Crippen LogP contribution is -2.16. The number of anilines is 2. The molecular weight excluding hydrogens is 388 g/mol. The number of benzene rings is 2. The Labute approximate surface area is 170 Å². The monoisotopic (exact) mass is 412 g/mol. The molecular formula is C21H24N4O3S. The summed E-state index contributed by atoms with van der Waals surface area (Å²) < 4.78 is 24.5. The maximum absolute atomic E-state index is 12.6. The predicted octanol–water partition coefficient (Wildman–Crippen LogP) is 2.79. The minimum atomic E-state index is -3.11. The quantitative estimate of drug-likeness (QED) is 0.645. The average Bonchev–Trinajstić information content (AvgIpc) is 3.08. The van der Waals surface area contributed by atoms with Crippen molar-refractivity contribution in [3.05, 3.63) is 77.5 Å². The molecule has 0 bridgehead atoms. The zero-order valence-electron chi connectivity index (χ0n) is 16.7. The first kappa shape index (κ1) is 20.6. The van der Waals surface area contributed by atoms with Gasteiger partial charge in [-0.2, -0.15) is 5.10 Å². The van der Waals surface area contributed by atoms with E-state index >= 15 is 0 Å². The van der Waals surface area contributed by atoms with Crippen LogP contribution in [0.25, 0.3) is 0 Å². The number of carbonyl (C=O) groups is 1. The predicted molar refractivity (Wildman–Crippen MR) is 115 cm³/mol. The van der Waals surface area contributed by atoms with Gasteiger partial charge in [0.15, 0.2) is 9.84 Å². The summed E-state index contributed by atoms with van der Waals surface area (Å²) in [5.41, 5.74) is 3.28. The van der Waals surface area contributed by atoms with E-state index in [2.05, 4.69) is 10.4 Å². The van der Waals surface area contributed by atoms with Crippen molar-refractivity contribution in [1.82, 2.24) is 9.78 Å². The fourth-order valence-electron chi connectivity index (χ4n) is 2.88. The number of hydrogen-bond donors (Lipinski definition) is 1. The van der Waals surface area contributed by atoms with Crippen LogP contribution < -0.4 is 10.2 Å². The van der Waals surface area contributed by atoms with Crippen molar-refractivity contribution in [2.75, 3.05) is 30.6 Å². The van der Waals surface area contributed by atoms with Gasteiger partial charge in [-0.25, -0.2) is 13.1 Å². The van der Waals surface area contributed by atoms with Crippen LogP contribution in [0.4, 0.5) is 11.5 Å². The van der Waals surface area contributed by atoms with E-state index in [0.717, 1.165) is 11.3 Å². The molecule has 2 aromatic carbocycles. The largest absolute Gasteiger partial charge is 0.378 e. The zero-order chi connectivity index (χ0) is 21.0. The van der Waals surface area contributed by atoms with Crippen molar-refractivity contribution in [1.29, 1.82) is 0 Å². The van der Waals surface area contributed by atoms with Gasteiger partial charge in [0.05, 0.1) is 18.5 Å². The van der Waals surface area contributed by atoms with Gasteiger partial charge in [0, 0.05) is 37.7 Å². The van der Waals surface area contributed by atoms with Crippen molar-refractivity contribution >= 4 is 27.2 Å². The molecule has 1 N–H and O–H groups in total. The van der Waals surface area contributed by atoms with Gasteiger partial charge in [-0.05, 0) is 35.4 Å². The van der Waals surface area contributed by atoms with Crippen LogP contribution in [0.5, 0.6) is 0 Å². The third-order valence-corrected chi connectivity index (χ3v) is 5.25. The number of hydrogen-bond acceptors (Lipinski definition) is 5. The maximum Gasteiger partial charge on any atom is 0.256 e. The smallest absolute Gasteiger partial charge is 0.256 e. The normalized spacial score (nSPS) is 11.3. The molecule has 1 aromatic heterocycles. The van der Waals surface area contributed by atoms with E-state index in [4.69, 9.17) is 0 Å². The van der Waals surface area contributed by atoms with Crippen LogP contribution in [0.1, 0.15) is 21.5 Å². The molecule has 3 aromatic rings. The van der Waals surface area contributed by atoms with E-state index in [1.165, 1.54) is 6.26 Å². The van der Waals surface area contributed by atoms with Gasteiger partial charge < -0.3 is 10.2 Å². The molecule has 152 valence electrons. The van der Waals surface area contributed by atoms with Crippen molar-refractivity contribution in [3.8, 4) is 0 Å². The number of nitrogens with zero attached hydrogens (tertiary/aromatic N) is 3. The summed E-state index contributed by atoms with van der Waals surface area (Å²) in [6, 6.07) is 16.4. The van der Waals surface area contributed by atoms with Crippen molar-refractivity contribution < 1.29 is 13.2 Å². The Balaban J connectivity index is 1.68. The number of carbonyl (C=O) groups excluding carboxylic acids is 1. The number of rotatable bonds is 7. The molecule has 29 heavy (non-hydrogen) atoms. The first-order valence-corrected chi connectivity index (χ1v) is 11.1. The molecule has 3 rings (SSSR count). The van der Waals surface area contributed by atoms with Gasteiger partial charge >= 0.3 is 0 Å². The molecule has 8 heteroatoms. The summed E-state index contributed by atoms with van der Waals surface area (Å²) in [7, 11) is 0.871.